The van der Waals surface area contributed by atoms with Crippen LogP contribution in [0.15, 0.2) is 41.3 Å². The number of methoxy groups -OCH3 is 1. The van der Waals surface area contributed by atoms with E-state index in [2.05, 4.69) is 5.32 Å². The number of sulfonamides is 1. The molecule has 0 atom stereocenters. The number of ether oxygens (including phenoxy) is 1. The van der Waals surface area contributed by atoms with Crippen molar-refractivity contribution < 1.29 is 13.2 Å². The maximum absolute atomic E-state index is 11.3. The van der Waals surface area contributed by atoms with Crippen molar-refractivity contribution in [1.29, 1.82) is 0 Å². The molecule has 0 aliphatic carbocycles. The summed E-state index contributed by atoms with van der Waals surface area (Å²) in [6, 6.07) is 9.56. The molecule has 8 heteroatoms. The molecule has 0 heterocycles. The Balaban J connectivity index is 2.31. The lowest BCUT2D eigenvalue weighted by molar-refractivity contribution is 0.415. The van der Waals surface area contributed by atoms with Crippen LogP contribution in [-0.4, -0.2) is 15.5 Å². The first kappa shape index (κ1) is 15.4. The fraction of sp³-hybridized carbons (Fsp3) is 0.0769. The molecule has 2 aromatic rings. The Kier molecular flexibility index (Phi) is 4.26. The van der Waals surface area contributed by atoms with Crippen LogP contribution in [0, 0.1) is 0 Å². The summed E-state index contributed by atoms with van der Waals surface area (Å²) in [6.45, 7) is 0. The largest absolute Gasteiger partial charge is 0.495 e. The van der Waals surface area contributed by atoms with Gasteiger partial charge in [0.2, 0.25) is 10.0 Å². The van der Waals surface area contributed by atoms with E-state index in [0.717, 1.165) is 5.69 Å². The third kappa shape index (κ3) is 3.57. The number of primary sulfonamides is 1. The molecular weight excluding hydrogens is 314 g/mol. The average Bonchev–Trinajstić information content (AvgIpc) is 2.39. The minimum Gasteiger partial charge on any atom is -0.495 e. The third-order valence-electron chi connectivity index (χ3n) is 2.76. The summed E-state index contributed by atoms with van der Waals surface area (Å²) >= 11 is 5.94. The zero-order valence-electron chi connectivity index (χ0n) is 11.1. The molecule has 0 fully saturated rings. The van der Waals surface area contributed by atoms with Crippen molar-refractivity contribution in [3.05, 3.63) is 41.4 Å². The number of halogens is 1. The summed E-state index contributed by atoms with van der Waals surface area (Å²) in [6.07, 6.45) is 0. The number of hydrogen-bond acceptors (Lipinski definition) is 5. The van der Waals surface area contributed by atoms with Crippen LogP contribution in [0.25, 0.3) is 0 Å². The highest BCUT2D eigenvalue weighted by atomic mass is 35.5. The van der Waals surface area contributed by atoms with Crippen LogP contribution >= 0.6 is 11.6 Å². The van der Waals surface area contributed by atoms with E-state index in [1.165, 1.54) is 19.2 Å². The van der Waals surface area contributed by atoms with E-state index in [0.29, 0.717) is 16.5 Å². The number of nitrogens with one attached hydrogen (secondary N) is 1. The second-order valence-electron chi connectivity index (χ2n) is 4.27. The van der Waals surface area contributed by atoms with Gasteiger partial charge in [0.25, 0.3) is 0 Å². The number of nitrogen functional groups attached to an aromatic ring is 1. The van der Waals surface area contributed by atoms with Crippen molar-refractivity contribution in [2.75, 3.05) is 18.2 Å². The molecule has 0 radical (unpaired) electrons. The van der Waals surface area contributed by atoms with Crippen LogP contribution in [0.1, 0.15) is 0 Å². The molecule has 0 unspecified atom stereocenters. The fourth-order valence-corrected chi connectivity index (χ4v) is 2.63. The Bertz CT molecular complexity index is 778. The van der Waals surface area contributed by atoms with Crippen molar-refractivity contribution in [2.45, 2.75) is 4.90 Å². The molecule has 2 rings (SSSR count). The van der Waals surface area contributed by atoms with Gasteiger partial charge in [-0.3, -0.25) is 0 Å². The second kappa shape index (κ2) is 5.80. The smallest absolute Gasteiger partial charge is 0.240 e. The van der Waals surface area contributed by atoms with E-state index >= 15 is 0 Å². The van der Waals surface area contributed by atoms with Gasteiger partial charge in [-0.05, 0) is 30.3 Å². The molecule has 0 saturated carbocycles. The number of anilines is 3. The topological polar surface area (TPSA) is 107 Å². The summed E-state index contributed by atoms with van der Waals surface area (Å²) in [4.78, 5) is -0.110. The molecule has 0 aliphatic heterocycles. The molecule has 0 spiro atoms. The van der Waals surface area contributed by atoms with Gasteiger partial charge in [-0.15, -0.1) is 0 Å². The predicted molar refractivity (Wildman–Crippen MR) is 83.5 cm³/mol. The van der Waals surface area contributed by atoms with Crippen molar-refractivity contribution in [2.24, 2.45) is 5.14 Å². The maximum atomic E-state index is 11.3. The molecule has 2 aromatic carbocycles. The Morgan fingerprint density at radius 2 is 1.76 bits per heavy atom. The SMILES string of the molecule is COc1cc(Nc2ccc(S(N)(=O)=O)c(N)c2)ccc1Cl. The van der Waals surface area contributed by atoms with Gasteiger partial charge in [-0.1, -0.05) is 11.6 Å². The van der Waals surface area contributed by atoms with E-state index in [1.807, 2.05) is 0 Å². The summed E-state index contributed by atoms with van der Waals surface area (Å²) in [5, 5.41) is 8.62. The molecule has 0 aromatic heterocycles. The molecule has 21 heavy (non-hydrogen) atoms. The third-order valence-corrected chi connectivity index (χ3v) is 4.05. The van der Waals surface area contributed by atoms with Crippen molar-refractivity contribution >= 4 is 38.7 Å². The van der Waals surface area contributed by atoms with Gasteiger partial charge in [0, 0.05) is 17.4 Å². The highest BCUT2D eigenvalue weighted by Gasteiger charge is 2.12. The zero-order chi connectivity index (χ0) is 15.6. The molecule has 0 aliphatic rings. The number of hydrogen-bond donors (Lipinski definition) is 3. The second-order valence-corrected chi connectivity index (χ2v) is 6.21. The maximum Gasteiger partial charge on any atom is 0.240 e. The molecule has 5 N–H and O–H groups in total. The van der Waals surface area contributed by atoms with E-state index < -0.39 is 10.0 Å². The summed E-state index contributed by atoms with van der Waals surface area (Å²) in [5.74, 6) is 0.524. The minimum absolute atomic E-state index is 0.0726. The molecular formula is C13H14ClN3O3S. The first-order chi connectivity index (χ1) is 9.81. The molecule has 6 nitrogen and oxygen atoms in total. The van der Waals surface area contributed by atoms with Crippen molar-refractivity contribution in [3.63, 3.8) is 0 Å². The Hall–Kier alpha value is -1.96. The van der Waals surface area contributed by atoms with Crippen LogP contribution in [0.5, 0.6) is 5.75 Å². The summed E-state index contributed by atoms with van der Waals surface area (Å²) in [5.41, 5.74) is 7.11. The summed E-state index contributed by atoms with van der Waals surface area (Å²) in [7, 11) is -2.31. The highest BCUT2D eigenvalue weighted by Crippen LogP contribution is 2.30. The minimum atomic E-state index is -3.83. The van der Waals surface area contributed by atoms with Gasteiger partial charge in [0.05, 0.1) is 17.8 Å². The molecule has 0 saturated heterocycles. The van der Waals surface area contributed by atoms with Crippen LogP contribution in [-0.2, 0) is 10.0 Å². The highest BCUT2D eigenvalue weighted by molar-refractivity contribution is 7.89. The quantitative estimate of drug-likeness (QED) is 0.747. The molecule has 0 bridgehead atoms. The lowest BCUT2D eigenvalue weighted by Crippen LogP contribution is -2.14. The monoisotopic (exact) mass is 327 g/mol. The van der Waals surface area contributed by atoms with Crippen LogP contribution in [0.4, 0.5) is 17.1 Å². The van der Waals surface area contributed by atoms with Gasteiger partial charge in [0.15, 0.2) is 0 Å². The number of rotatable bonds is 4. The fourth-order valence-electron chi connectivity index (χ4n) is 1.79. The Morgan fingerprint density at radius 1 is 1.14 bits per heavy atom. The Morgan fingerprint density at radius 3 is 2.33 bits per heavy atom. The first-order valence-electron chi connectivity index (χ1n) is 5.84. The number of benzene rings is 2. The van der Waals surface area contributed by atoms with Crippen LogP contribution in [0.3, 0.4) is 0 Å². The zero-order valence-corrected chi connectivity index (χ0v) is 12.7. The van der Waals surface area contributed by atoms with E-state index in [4.69, 9.17) is 27.2 Å². The van der Waals surface area contributed by atoms with E-state index in [9.17, 15) is 8.42 Å². The molecule has 0 amide bonds. The van der Waals surface area contributed by atoms with Crippen LogP contribution in [0.2, 0.25) is 5.02 Å². The van der Waals surface area contributed by atoms with Crippen molar-refractivity contribution in [3.8, 4) is 5.75 Å². The standard InChI is InChI=1S/C13H14ClN3O3S/c1-20-12-7-9(2-4-10(12)14)17-8-3-5-13(11(15)6-8)21(16,18)19/h2-7,17H,15H2,1H3,(H2,16,18,19). The average molecular weight is 328 g/mol. The van der Waals surface area contributed by atoms with Gasteiger partial charge in [0.1, 0.15) is 10.6 Å². The van der Waals surface area contributed by atoms with Crippen molar-refractivity contribution in [1.82, 2.24) is 0 Å². The molecule has 112 valence electrons. The Labute approximate surface area is 127 Å². The van der Waals surface area contributed by atoms with E-state index in [1.54, 1.807) is 24.3 Å². The lowest BCUT2D eigenvalue weighted by Gasteiger charge is -2.11. The van der Waals surface area contributed by atoms with Crippen LogP contribution < -0.4 is 20.9 Å². The summed E-state index contributed by atoms with van der Waals surface area (Å²) < 4.78 is 27.7. The lowest BCUT2D eigenvalue weighted by atomic mass is 10.2. The number of nitrogens with two attached hydrogens (primary N) is 2. The predicted octanol–water partition coefficient (Wildman–Crippen LogP) is 2.32. The first-order valence-corrected chi connectivity index (χ1v) is 7.76. The normalized spacial score (nSPS) is 11.2. The van der Waals surface area contributed by atoms with Gasteiger partial charge < -0.3 is 15.8 Å². The van der Waals surface area contributed by atoms with Gasteiger partial charge >= 0.3 is 0 Å². The van der Waals surface area contributed by atoms with Gasteiger partial charge in [-0.2, -0.15) is 0 Å². The van der Waals surface area contributed by atoms with Gasteiger partial charge in [-0.25, -0.2) is 13.6 Å². The van der Waals surface area contributed by atoms with E-state index in [-0.39, 0.29) is 10.6 Å².